The Labute approximate surface area is 169 Å². The maximum atomic E-state index is 12.6. The number of aliphatic hydroxyl groups excluding tert-OH is 1. The van der Waals surface area contributed by atoms with E-state index in [1.807, 2.05) is 6.92 Å². The van der Waals surface area contributed by atoms with Crippen LogP contribution in [0.2, 0.25) is 0 Å². The summed E-state index contributed by atoms with van der Waals surface area (Å²) in [4.78, 5) is 10.4. The van der Waals surface area contributed by atoms with Crippen molar-refractivity contribution in [1.82, 2.24) is 20.2 Å². The highest BCUT2D eigenvalue weighted by molar-refractivity contribution is 7.86. The Hall–Kier alpha value is -3.42. The standard InChI is InChI=1S/C17H15N5O7S/c1-11-2-5-13(6-3-11)30(26,27)28-10-17(9-23)16-18-19-20-21(16)14-8-12(22(24)25)4-7-15(14)29-17/h2-8,23H,9-10H2,1H3. The first-order valence-electron chi connectivity index (χ1n) is 8.59. The summed E-state index contributed by atoms with van der Waals surface area (Å²) in [6.07, 6.45) is 0. The molecule has 1 unspecified atom stereocenters. The van der Waals surface area contributed by atoms with Gasteiger partial charge in [0.05, 0.1) is 16.4 Å². The number of hydrogen-bond donors (Lipinski definition) is 1. The van der Waals surface area contributed by atoms with E-state index in [0.29, 0.717) is 0 Å². The molecule has 2 heterocycles. The fourth-order valence-electron chi connectivity index (χ4n) is 2.95. The van der Waals surface area contributed by atoms with E-state index in [4.69, 9.17) is 8.92 Å². The molecule has 4 rings (SSSR count). The van der Waals surface area contributed by atoms with Crippen LogP contribution >= 0.6 is 0 Å². The lowest BCUT2D eigenvalue weighted by atomic mass is 10.0. The molecule has 3 aromatic rings. The number of aromatic nitrogens is 4. The van der Waals surface area contributed by atoms with Gasteiger partial charge in [0.2, 0.25) is 11.4 Å². The summed E-state index contributed by atoms with van der Waals surface area (Å²) < 4.78 is 37.3. The lowest BCUT2D eigenvalue weighted by Crippen LogP contribution is -2.47. The molecule has 0 spiro atoms. The first-order chi connectivity index (χ1) is 14.3. The summed E-state index contributed by atoms with van der Waals surface area (Å²) in [5, 5.41) is 32.3. The molecule has 0 radical (unpaired) electrons. The van der Waals surface area contributed by atoms with E-state index in [1.165, 1.54) is 30.3 Å². The minimum absolute atomic E-state index is 0.0582. The highest BCUT2D eigenvalue weighted by atomic mass is 32.2. The molecule has 0 saturated heterocycles. The zero-order chi connectivity index (χ0) is 21.5. The number of nitro groups is 1. The minimum Gasteiger partial charge on any atom is -0.472 e. The summed E-state index contributed by atoms with van der Waals surface area (Å²) in [7, 11) is -4.16. The van der Waals surface area contributed by atoms with Crippen molar-refractivity contribution in [2.75, 3.05) is 13.2 Å². The molecule has 156 valence electrons. The second-order valence-electron chi connectivity index (χ2n) is 6.61. The number of fused-ring (bicyclic) bond motifs is 3. The van der Waals surface area contributed by atoms with Crippen molar-refractivity contribution in [3.05, 3.63) is 64.0 Å². The van der Waals surface area contributed by atoms with Crippen LogP contribution in [0.3, 0.4) is 0 Å². The lowest BCUT2D eigenvalue weighted by molar-refractivity contribution is -0.384. The molecule has 12 nitrogen and oxygen atoms in total. The van der Waals surface area contributed by atoms with E-state index in [9.17, 15) is 23.6 Å². The van der Waals surface area contributed by atoms with Crippen LogP contribution in [0.25, 0.3) is 5.69 Å². The zero-order valence-electron chi connectivity index (χ0n) is 15.5. The molecule has 0 amide bonds. The average Bonchev–Trinajstić information content (AvgIpc) is 3.23. The Bertz CT molecular complexity index is 1230. The first kappa shape index (κ1) is 19.9. The van der Waals surface area contributed by atoms with Gasteiger partial charge in [0.15, 0.2) is 0 Å². The summed E-state index contributed by atoms with van der Waals surface area (Å²) in [6.45, 7) is 0.471. The van der Waals surface area contributed by atoms with E-state index in [2.05, 4.69) is 15.5 Å². The predicted molar refractivity (Wildman–Crippen MR) is 99.5 cm³/mol. The van der Waals surface area contributed by atoms with Crippen LogP contribution in [-0.2, 0) is 19.9 Å². The summed E-state index contributed by atoms with van der Waals surface area (Å²) in [6, 6.07) is 9.78. The van der Waals surface area contributed by atoms with E-state index in [1.54, 1.807) is 12.1 Å². The van der Waals surface area contributed by atoms with Crippen LogP contribution in [0.5, 0.6) is 5.75 Å². The largest absolute Gasteiger partial charge is 0.472 e. The molecular formula is C17H15N5O7S. The first-order valence-corrected chi connectivity index (χ1v) is 10.0. The Morgan fingerprint density at radius 1 is 1.27 bits per heavy atom. The van der Waals surface area contributed by atoms with Crippen molar-refractivity contribution < 1.29 is 27.4 Å². The monoisotopic (exact) mass is 433 g/mol. The molecule has 0 bridgehead atoms. The number of hydrogen-bond acceptors (Lipinski definition) is 10. The normalized spacial score (nSPS) is 17.7. The lowest BCUT2D eigenvalue weighted by Gasteiger charge is -2.34. The van der Waals surface area contributed by atoms with Gasteiger partial charge in [-0.15, -0.1) is 5.10 Å². The SMILES string of the molecule is Cc1ccc(S(=O)(=O)OCC2(CO)Oc3ccc([N+](=O)[O-])cc3-n3nnnc32)cc1. The quantitative estimate of drug-likeness (QED) is 0.335. The van der Waals surface area contributed by atoms with Gasteiger partial charge in [-0.05, 0) is 35.5 Å². The Balaban J connectivity index is 1.69. The number of benzene rings is 2. The fourth-order valence-corrected chi connectivity index (χ4v) is 3.90. The topological polar surface area (TPSA) is 160 Å². The maximum absolute atomic E-state index is 12.6. The smallest absolute Gasteiger partial charge is 0.297 e. The molecule has 2 aromatic carbocycles. The number of non-ortho nitro benzene ring substituents is 1. The third-order valence-electron chi connectivity index (χ3n) is 4.58. The van der Waals surface area contributed by atoms with Gasteiger partial charge in [-0.3, -0.25) is 14.3 Å². The molecule has 30 heavy (non-hydrogen) atoms. The van der Waals surface area contributed by atoms with Crippen molar-refractivity contribution in [2.24, 2.45) is 0 Å². The Morgan fingerprint density at radius 3 is 2.67 bits per heavy atom. The molecule has 0 saturated carbocycles. The van der Waals surface area contributed by atoms with Gasteiger partial charge in [-0.25, -0.2) is 0 Å². The molecule has 0 aliphatic carbocycles. The summed E-state index contributed by atoms with van der Waals surface area (Å²) >= 11 is 0. The number of nitrogens with zero attached hydrogens (tertiary/aromatic N) is 5. The van der Waals surface area contributed by atoms with Crippen molar-refractivity contribution in [3.63, 3.8) is 0 Å². The van der Waals surface area contributed by atoms with E-state index in [-0.39, 0.29) is 27.8 Å². The Kier molecular flexibility index (Phi) is 4.72. The molecule has 1 N–H and O–H groups in total. The van der Waals surface area contributed by atoms with Gasteiger partial charge in [0.25, 0.3) is 15.8 Å². The Morgan fingerprint density at radius 2 is 2.00 bits per heavy atom. The number of tetrazole rings is 1. The number of aliphatic hydroxyl groups is 1. The van der Waals surface area contributed by atoms with Crippen molar-refractivity contribution in [2.45, 2.75) is 17.4 Å². The second-order valence-corrected chi connectivity index (χ2v) is 8.22. The number of aryl methyl sites for hydroxylation is 1. The molecule has 1 aromatic heterocycles. The van der Waals surface area contributed by atoms with Crippen LogP contribution in [0.15, 0.2) is 47.4 Å². The van der Waals surface area contributed by atoms with Crippen molar-refractivity contribution >= 4 is 15.8 Å². The third-order valence-corrected chi connectivity index (χ3v) is 5.85. The minimum atomic E-state index is -4.16. The number of nitro benzene ring substituents is 1. The van der Waals surface area contributed by atoms with E-state index in [0.717, 1.165) is 10.2 Å². The molecule has 1 aliphatic heterocycles. The van der Waals surface area contributed by atoms with E-state index < -0.39 is 33.9 Å². The van der Waals surface area contributed by atoms with Crippen LogP contribution in [0.1, 0.15) is 11.4 Å². The fraction of sp³-hybridized carbons (Fsp3) is 0.235. The highest BCUT2D eigenvalue weighted by Crippen LogP contribution is 2.39. The van der Waals surface area contributed by atoms with Crippen LogP contribution in [0.4, 0.5) is 5.69 Å². The summed E-state index contributed by atoms with van der Waals surface area (Å²) in [5.74, 6) is 0.0582. The predicted octanol–water partition coefficient (Wildman–Crippen LogP) is 0.864. The van der Waals surface area contributed by atoms with E-state index >= 15 is 0 Å². The van der Waals surface area contributed by atoms with Crippen LogP contribution in [0, 0.1) is 17.0 Å². The average molecular weight is 433 g/mol. The van der Waals surface area contributed by atoms with Gasteiger partial charge in [-0.1, -0.05) is 17.7 Å². The van der Waals surface area contributed by atoms with Crippen LogP contribution < -0.4 is 4.74 Å². The number of ether oxygens (including phenoxy) is 1. The van der Waals surface area contributed by atoms with Gasteiger partial charge < -0.3 is 9.84 Å². The van der Waals surface area contributed by atoms with Gasteiger partial charge in [0, 0.05) is 12.1 Å². The maximum Gasteiger partial charge on any atom is 0.297 e. The number of rotatable bonds is 6. The molecule has 13 heteroatoms. The van der Waals surface area contributed by atoms with Crippen molar-refractivity contribution in [1.29, 1.82) is 0 Å². The highest BCUT2D eigenvalue weighted by Gasteiger charge is 2.46. The van der Waals surface area contributed by atoms with Gasteiger partial charge in [-0.2, -0.15) is 13.1 Å². The molecule has 0 fully saturated rings. The second kappa shape index (κ2) is 7.12. The van der Waals surface area contributed by atoms with Gasteiger partial charge >= 0.3 is 0 Å². The summed E-state index contributed by atoms with van der Waals surface area (Å²) in [5.41, 5.74) is -0.908. The van der Waals surface area contributed by atoms with Gasteiger partial charge in [0.1, 0.15) is 18.0 Å². The van der Waals surface area contributed by atoms with Crippen molar-refractivity contribution in [3.8, 4) is 11.4 Å². The third kappa shape index (κ3) is 3.28. The molecular weight excluding hydrogens is 418 g/mol. The molecule has 1 aliphatic rings. The van der Waals surface area contributed by atoms with Crippen LogP contribution in [-0.4, -0.2) is 51.9 Å². The zero-order valence-corrected chi connectivity index (χ0v) is 16.3. The molecule has 1 atom stereocenters.